The molecular weight excluding hydrogens is 347 g/mol. The summed E-state index contributed by atoms with van der Waals surface area (Å²) in [7, 11) is 0. The second-order valence-electron chi connectivity index (χ2n) is 6.72. The molecule has 3 rings (SSSR count). The summed E-state index contributed by atoms with van der Waals surface area (Å²) < 4.78 is 18.9. The largest absolute Gasteiger partial charge is 0.484 e. The number of aryl methyl sites for hydroxylation is 2. The van der Waals surface area contributed by atoms with E-state index < -0.39 is 5.82 Å². The van der Waals surface area contributed by atoms with Gasteiger partial charge in [-0.25, -0.2) is 4.39 Å². The first-order valence-electron chi connectivity index (χ1n) is 8.97. The molecule has 2 aromatic rings. The fourth-order valence-electron chi connectivity index (χ4n) is 3.00. The van der Waals surface area contributed by atoms with Gasteiger partial charge in [-0.2, -0.15) is 0 Å². The molecule has 2 aromatic carbocycles. The molecule has 5 nitrogen and oxygen atoms in total. The highest BCUT2D eigenvalue weighted by molar-refractivity contribution is 5.94. The quantitative estimate of drug-likeness (QED) is 0.832. The topological polar surface area (TPSA) is 49.9 Å². The van der Waals surface area contributed by atoms with E-state index >= 15 is 0 Å². The monoisotopic (exact) mass is 370 g/mol. The molecule has 0 aliphatic carbocycles. The summed E-state index contributed by atoms with van der Waals surface area (Å²) >= 11 is 0. The Bertz CT molecular complexity index is 845. The van der Waals surface area contributed by atoms with Gasteiger partial charge in [0.05, 0.1) is 0 Å². The van der Waals surface area contributed by atoms with Crippen LogP contribution in [0.3, 0.4) is 0 Å². The standard InChI is InChI=1S/C21H23FN2O3/c1-15-6-7-19(12-16(15)2)27-14-20(25)23-8-10-24(11-9-23)21(26)17-4-3-5-18(22)13-17/h3-7,12-13H,8-11,14H2,1-2H3. The van der Waals surface area contributed by atoms with Crippen molar-refractivity contribution in [2.75, 3.05) is 32.8 Å². The molecule has 27 heavy (non-hydrogen) atoms. The van der Waals surface area contributed by atoms with Gasteiger partial charge in [0, 0.05) is 31.7 Å². The molecule has 6 heteroatoms. The van der Waals surface area contributed by atoms with Gasteiger partial charge in [-0.15, -0.1) is 0 Å². The van der Waals surface area contributed by atoms with Crippen molar-refractivity contribution in [3.05, 3.63) is 65.0 Å². The zero-order chi connectivity index (χ0) is 19.4. The number of ether oxygens (including phenoxy) is 1. The third-order valence-corrected chi connectivity index (χ3v) is 4.83. The van der Waals surface area contributed by atoms with E-state index in [4.69, 9.17) is 4.74 Å². The van der Waals surface area contributed by atoms with Gasteiger partial charge in [0.2, 0.25) is 0 Å². The fraction of sp³-hybridized carbons (Fsp3) is 0.333. The Morgan fingerprint density at radius 1 is 0.963 bits per heavy atom. The zero-order valence-corrected chi connectivity index (χ0v) is 15.6. The minimum absolute atomic E-state index is 0.0274. The van der Waals surface area contributed by atoms with Gasteiger partial charge in [0.25, 0.3) is 11.8 Å². The molecule has 1 heterocycles. The van der Waals surface area contributed by atoms with Crippen LogP contribution in [0.15, 0.2) is 42.5 Å². The first-order valence-corrected chi connectivity index (χ1v) is 8.97. The van der Waals surface area contributed by atoms with E-state index in [0.29, 0.717) is 37.5 Å². The Morgan fingerprint density at radius 2 is 1.67 bits per heavy atom. The van der Waals surface area contributed by atoms with Gasteiger partial charge in [-0.05, 0) is 55.3 Å². The van der Waals surface area contributed by atoms with Crippen molar-refractivity contribution in [2.45, 2.75) is 13.8 Å². The lowest BCUT2D eigenvalue weighted by Crippen LogP contribution is -2.51. The van der Waals surface area contributed by atoms with E-state index in [0.717, 1.165) is 5.56 Å². The Kier molecular flexibility index (Phi) is 5.74. The van der Waals surface area contributed by atoms with Crippen molar-refractivity contribution in [2.24, 2.45) is 0 Å². The Labute approximate surface area is 158 Å². The minimum Gasteiger partial charge on any atom is -0.484 e. The van der Waals surface area contributed by atoms with E-state index in [1.807, 2.05) is 32.0 Å². The molecule has 0 saturated carbocycles. The van der Waals surface area contributed by atoms with Crippen LogP contribution in [0.25, 0.3) is 0 Å². The van der Waals surface area contributed by atoms with Crippen LogP contribution in [0, 0.1) is 19.7 Å². The predicted octanol–water partition coefficient (Wildman–Crippen LogP) is 2.81. The van der Waals surface area contributed by atoms with Crippen LogP contribution in [-0.4, -0.2) is 54.4 Å². The first kappa shape index (κ1) is 18.9. The molecule has 2 amide bonds. The molecule has 0 atom stereocenters. The number of hydrogen-bond acceptors (Lipinski definition) is 3. The minimum atomic E-state index is -0.432. The molecule has 1 aliphatic rings. The van der Waals surface area contributed by atoms with Crippen LogP contribution in [-0.2, 0) is 4.79 Å². The third-order valence-electron chi connectivity index (χ3n) is 4.83. The lowest BCUT2D eigenvalue weighted by molar-refractivity contribution is -0.134. The Hall–Kier alpha value is -2.89. The summed E-state index contributed by atoms with van der Waals surface area (Å²) in [5.74, 6) is -0.0800. The molecule has 1 fully saturated rings. The number of carbonyl (C=O) groups excluding carboxylic acids is 2. The number of nitrogens with zero attached hydrogens (tertiary/aromatic N) is 2. The van der Waals surface area contributed by atoms with Gasteiger partial charge in [-0.1, -0.05) is 12.1 Å². The average molecular weight is 370 g/mol. The number of carbonyl (C=O) groups is 2. The molecule has 1 aliphatic heterocycles. The lowest BCUT2D eigenvalue weighted by Gasteiger charge is -2.34. The average Bonchev–Trinajstić information content (AvgIpc) is 2.68. The van der Waals surface area contributed by atoms with Crippen LogP contribution in [0.2, 0.25) is 0 Å². The van der Waals surface area contributed by atoms with Crippen LogP contribution < -0.4 is 4.74 Å². The molecular formula is C21H23FN2O3. The molecule has 0 spiro atoms. The Morgan fingerprint density at radius 3 is 2.33 bits per heavy atom. The predicted molar refractivity (Wildman–Crippen MR) is 100 cm³/mol. The van der Waals surface area contributed by atoms with E-state index in [1.165, 1.54) is 23.8 Å². The summed E-state index contributed by atoms with van der Waals surface area (Å²) in [6.07, 6.45) is 0. The number of hydrogen-bond donors (Lipinski definition) is 0. The zero-order valence-electron chi connectivity index (χ0n) is 15.6. The fourth-order valence-corrected chi connectivity index (χ4v) is 3.00. The van der Waals surface area contributed by atoms with E-state index in [-0.39, 0.29) is 18.4 Å². The van der Waals surface area contributed by atoms with Crippen molar-refractivity contribution < 1.29 is 18.7 Å². The second-order valence-corrected chi connectivity index (χ2v) is 6.72. The molecule has 0 N–H and O–H groups in total. The summed E-state index contributed by atoms with van der Waals surface area (Å²) in [6, 6.07) is 11.4. The maximum absolute atomic E-state index is 13.3. The highest BCUT2D eigenvalue weighted by Gasteiger charge is 2.25. The molecule has 0 aromatic heterocycles. The number of rotatable bonds is 4. The van der Waals surface area contributed by atoms with E-state index in [9.17, 15) is 14.0 Å². The summed E-state index contributed by atoms with van der Waals surface area (Å²) in [6.45, 7) is 5.72. The SMILES string of the molecule is Cc1ccc(OCC(=O)N2CCN(C(=O)c3cccc(F)c3)CC2)cc1C. The van der Waals surface area contributed by atoms with Crippen LogP contribution >= 0.6 is 0 Å². The van der Waals surface area contributed by atoms with Gasteiger partial charge < -0.3 is 14.5 Å². The van der Waals surface area contributed by atoms with Crippen molar-refractivity contribution in [3.63, 3.8) is 0 Å². The number of amides is 2. The van der Waals surface area contributed by atoms with Crippen molar-refractivity contribution in [1.29, 1.82) is 0 Å². The maximum atomic E-state index is 13.3. The van der Waals surface area contributed by atoms with Gasteiger partial charge >= 0.3 is 0 Å². The number of halogens is 1. The second kappa shape index (κ2) is 8.20. The first-order chi connectivity index (χ1) is 12.9. The smallest absolute Gasteiger partial charge is 0.260 e. The van der Waals surface area contributed by atoms with Gasteiger partial charge in [0.15, 0.2) is 6.61 Å². The Balaban J connectivity index is 1.50. The lowest BCUT2D eigenvalue weighted by atomic mass is 10.1. The van der Waals surface area contributed by atoms with Gasteiger partial charge in [0.1, 0.15) is 11.6 Å². The van der Waals surface area contributed by atoms with Crippen molar-refractivity contribution in [1.82, 2.24) is 9.80 Å². The molecule has 0 unspecified atom stereocenters. The summed E-state index contributed by atoms with van der Waals surface area (Å²) in [5.41, 5.74) is 2.62. The normalized spacial score (nSPS) is 14.2. The summed E-state index contributed by atoms with van der Waals surface area (Å²) in [4.78, 5) is 28.1. The third kappa shape index (κ3) is 4.64. The molecule has 1 saturated heterocycles. The van der Waals surface area contributed by atoms with Crippen molar-refractivity contribution >= 4 is 11.8 Å². The van der Waals surface area contributed by atoms with E-state index in [2.05, 4.69) is 0 Å². The maximum Gasteiger partial charge on any atom is 0.260 e. The van der Waals surface area contributed by atoms with Crippen LogP contribution in [0.4, 0.5) is 4.39 Å². The number of piperazine rings is 1. The summed E-state index contributed by atoms with van der Waals surface area (Å²) in [5, 5.41) is 0. The molecule has 0 bridgehead atoms. The van der Waals surface area contributed by atoms with Crippen LogP contribution in [0.5, 0.6) is 5.75 Å². The van der Waals surface area contributed by atoms with Gasteiger partial charge in [-0.3, -0.25) is 9.59 Å². The van der Waals surface area contributed by atoms with Crippen molar-refractivity contribution in [3.8, 4) is 5.75 Å². The highest BCUT2D eigenvalue weighted by Crippen LogP contribution is 2.17. The molecule has 142 valence electrons. The highest BCUT2D eigenvalue weighted by atomic mass is 19.1. The number of benzene rings is 2. The molecule has 0 radical (unpaired) electrons. The van der Waals surface area contributed by atoms with Crippen LogP contribution in [0.1, 0.15) is 21.5 Å². The van der Waals surface area contributed by atoms with E-state index in [1.54, 1.807) is 15.9 Å².